The van der Waals surface area contributed by atoms with Gasteiger partial charge in [0.2, 0.25) is 0 Å². The van der Waals surface area contributed by atoms with Crippen molar-refractivity contribution >= 4 is 41.2 Å². The molecule has 51 heavy (non-hydrogen) atoms. The van der Waals surface area contributed by atoms with Gasteiger partial charge in [-0.3, -0.25) is 0 Å². The lowest BCUT2D eigenvalue weighted by atomic mass is 10.1. The van der Waals surface area contributed by atoms with Crippen LogP contribution in [0.2, 0.25) is 0 Å². The van der Waals surface area contributed by atoms with E-state index in [1.54, 1.807) is 23.2 Å². The van der Waals surface area contributed by atoms with Crippen LogP contribution in [0.3, 0.4) is 0 Å². The number of alkyl halides is 3. The summed E-state index contributed by atoms with van der Waals surface area (Å²) in [6.45, 7) is 2.66. The van der Waals surface area contributed by atoms with Crippen molar-refractivity contribution in [3.63, 3.8) is 0 Å². The number of hydrogen-bond acceptors (Lipinski definition) is 14. The van der Waals surface area contributed by atoms with E-state index in [9.17, 15) is 48.0 Å². The summed E-state index contributed by atoms with van der Waals surface area (Å²) in [4.78, 5) is 33.6. The van der Waals surface area contributed by atoms with Crippen LogP contribution in [0.4, 0.5) is 46.4 Å². The first-order chi connectivity index (χ1) is 23.7. The summed E-state index contributed by atoms with van der Waals surface area (Å²) in [5, 5.41) is 50.8. The molecule has 6 rings (SSSR count). The predicted molar refractivity (Wildman–Crippen MR) is 181 cm³/mol. The number of nitrogens with two attached hydrogens (primary N) is 1. The van der Waals surface area contributed by atoms with Crippen LogP contribution in [0.15, 0.2) is 55.0 Å². The summed E-state index contributed by atoms with van der Waals surface area (Å²) >= 11 is 0. The molecule has 16 nitrogen and oxygen atoms in total. The highest BCUT2D eigenvalue weighted by atomic mass is 35.5. The average molecular weight is 750 g/mol. The zero-order chi connectivity index (χ0) is 36.8. The van der Waals surface area contributed by atoms with E-state index in [-0.39, 0.29) is 37.0 Å². The summed E-state index contributed by atoms with van der Waals surface area (Å²) in [7, 11) is 0. The Kier molecular flexibility index (Phi) is 17.6. The Hall–Kier alpha value is -4.50. The molecule has 3 aromatic rings. The number of piperidine rings is 3. The Morgan fingerprint density at radius 1 is 0.725 bits per heavy atom. The number of nitrogens with zero attached hydrogens (tertiary/aromatic N) is 7. The van der Waals surface area contributed by atoms with Crippen LogP contribution in [-0.4, -0.2) is 116 Å². The van der Waals surface area contributed by atoms with Crippen molar-refractivity contribution in [3.8, 4) is 0 Å². The number of nitrogen functional groups attached to an aromatic ring is 1. The number of nitro groups is 2. The van der Waals surface area contributed by atoms with Gasteiger partial charge in [0.1, 0.15) is 36.5 Å². The number of pyridine rings is 3. The maximum Gasteiger partial charge on any atom is 0.363 e. The minimum atomic E-state index is -1.20. The number of hydrogen-bond donors (Lipinski definition) is 5. The average Bonchev–Trinajstić information content (AvgIpc) is 3.10. The van der Waals surface area contributed by atoms with Crippen molar-refractivity contribution in [1.82, 2.24) is 20.3 Å². The van der Waals surface area contributed by atoms with Gasteiger partial charge in [-0.15, -0.1) is 12.4 Å². The molecule has 0 unspecified atom stereocenters. The number of anilines is 3. The normalized spacial score (nSPS) is 24.1. The summed E-state index contributed by atoms with van der Waals surface area (Å²) < 4.78 is 50.4. The fourth-order valence-electron chi connectivity index (χ4n) is 4.82. The number of β-amino-alcohol motifs (C(OH)–C–C–N with tert-alkyl or cyclic N) is 3. The van der Waals surface area contributed by atoms with Crippen LogP contribution < -0.4 is 20.9 Å². The van der Waals surface area contributed by atoms with Crippen LogP contribution in [0.25, 0.3) is 0 Å². The van der Waals surface area contributed by atoms with Crippen LogP contribution in [-0.2, 0) is 0 Å². The lowest BCUT2D eigenvalue weighted by molar-refractivity contribution is -0.389. The Bertz CT molecular complexity index is 1480. The summed E-state index contributed by atoms with van der Waals surface area (Å²) in [6, 6.07) is 8.37. The second kappa shape index (κ2) is 21.0. The van der Waals surface area contributed by atoms with E-state index in [4.69, 9.17) is 10.8 Å². The maximum absolute atomic E-state index is 13.1. The monoisotopic (exact) mass is 749 g/mol. The van der Waals surface area contributed by atoms with Gasteiger partial charge in [-0.05, 0) is 69.9 Å². The molecule has 6 N–H and O–H groups in total. The van der Waals surface area contributed by atoms with Crippen molar-refractivity contribution in [3.05, 3.63) is 81.0 Å². The van der Waals surface area contributed by atoms with Gasteiger partial charge in [-0.25, -0.2) is 22.5 Å². The fourth-order valence-corrected chi connectivity index (χ4v) is 4.82. The molecule has 0 aromatic carbocycles. The molecule has 3 aliphatic heterocycles. The minimum absolute atomic E-state index is 0. The molecule has 21 heteroatoms. The minimum Gasteiger partial charge on any atom is -0.389 e. The van der Waals surface area contributed by atoms with E-state index in [1.165, 1.54) is 12.3 Å². The molecule has 6 heterocycles. The van der Waals surface area contributed by atoms with E-state index in [2.05, 4.69) is 20.3 Å². The van der Waals surface area contributed by atoms with Crippen LogP contribution in [0, 0.1) is 26.0 Å². The van der Waals surface area contributed by atoms with Crippen LogP contribution in [0.5, 0.6) is 0 Å². The van der Waals surface area contributed by atoms with Gasteiger partial charge in [0.25, 0.3) is 0 Å². The topological polar surface area (TPSA) is 230 Å². The number of rotatable bonds is 4. The number of nitrogens with one attached hydrogen (secondary N) is 1. The number of aliphatic hydroxyl groups is 3. The predicted octanol–water partition coefficient (Wildman–Crippen LogP) is 2.70. The molecular weight excluding hydrogens is 710 g/mol. The molecule has 6 atom stereocenters. The van der Waals surface area contributed by atoms with E-state index in [1.807, 2.05) is 11.0 Å². The highest BCUT2D eigenvalue weighted by Gasteiger charge is 2.29. The summed E-state index contributed by atoms with van der Waals surface area (Å²) in [5.74, 6) is -0.693. The van der Waals surface area contributed by atoms with Gasteiger partial charge in [-0.2, -0.15) is 0 Å². The van der Waals surface area contributed by atoms with Crippen LogP contribution >= 0.6 is 12.4 Å². The van der Waals surface area contributed by atoms with Crippen molar-refractivity contribution in [2.75, 3.05) is 54.8 Å². The third-order valence-electron chi connectivity index (χ3n) is 7.69. The zero-order valence-corrected chi connectivity index (χ0v) is 27.9. The highest BCUT2D eigenvalue weighted by Crippen LogP contribution is 2.23. The van der Waals surface area contributed by atoms with E-state index in [0.29, 0.717) is 57.1 Å². The Morgan fingerprint density at radius 2 is 1.20 bits per heavy atom. The van der Waals surface area contributed by atoms with Gasteiger partial charge in [0, 0.05) is 44.9 Å². The van der Waals surface area contributed by atoms with Gasteiger partial charge in [-0.1, -0.05) is 0 Å². The quantitative estimate of drug-likeness (QED) is 0.147. The molecular formula is C30H40ClF4N9O7. The van der Waals surface area contributed by atoms with Gasteiger partial charge < -0.3 is 56.4 Å². The molecule has 0 amide bonds. The summed E-state index contributed by atoms with van der Waals surface area (Å²) in [6.07, 6.45) is -1.15. The Morgan fingerprint density at radius 3 is 1.55 bits per heavy atom. The lowest BCUT2D eigenvalue weighted by Crippen LogP contribution is -2.45. The first-order valence-corrected chi connectivity index (χ1v) is 15.5. The first kappa shape index (κ1) is 42.7. The summed E-state index contributed by atoms with van der Waals surface area (Å²) in [5.41, 5.74) is 6.99. The van der Waals surface area contributed by atoms with E-state index in [0.717, 1.165) is 24.0 Å². The molecule has 282 valence electrons. The lowest BCUT2D eigenvalue weighted by Gasteiger charge is -2.33. The van der Waals surface area contributed by atoms with E-state index >= 15 is 0 Å². The molecule has 3 saturated heterocycles. The second-order valence-corrected chi connectivity index (χ2v) is 11.4. The number of aliphatic hydroxyl groups excluding tert-OH is 3. The van der Waals surface area contributed by atoms with E-state index < -0.39 is 52.5 Å². The molecule has 3 fully saturated rings. The molecule has 0 aliphatic carbocycles. The smallest absolute Gasteiger partial charge is 0.363 e. The Balaban J connectivity index is 0.000000243. The third-order valence-corrected chi connectivity index (χ3v) is 7.69. The van der Waals surface area contributed by atoms with Gasteiger partial charge in [0.05, 0.1) is 23.7 Å². The molecule has 0 spiro atoms. The number of aromatic nitrogens is 3. The zero-order valence-electron chi connectivity index (χ0n) is 27.1. The van der Waals surface area contributed by atoms with Crippen molar-refractivity contribution in [2.24, 2.45) is 0 Å². The number of halogens is 5. The van der Waals surface area contributed by atoms with Crippen molar-refractivity contribution < 1.29 is 42.7 Å². The SMILES string of the molecule is Cl.Nc1ccc(N2CC[C@@H](F)[C@H](O)C2)cn1.O=[N+]([O-])c1ccc(F)cn1.O=[N+]([O-])c1ccc(N2CC[C@@H](F)[C@H](O)C2)cn1.O[C@@H]1CNCC[C@H]1F. The fraction of sp³-hybridized carbons (Fsp3) is 0.500. The Labute approximate surface area is 296 Å². The van der Waals surface area contributed by atoms with Crippen LogP contribution in [0.1, 0.15) is 19.3 Å². The molecule has 0 saturated carbocycles. The molecule has 3 aliphatic rings. The second-order valence-electron chi connectivity index (χ2n) is 11.4. The molecule has 3 aromatic heterocycles. The maximum atomic E-state index is 13.1. The third kappa shape index (κ3) is 14.0. The first-order valence-electron chi connectivity index (χ1n) is 15.5. The largest absolute Gasteiger partial charge is 0.389 e. The van der Waals surface area contributed by atoms with Crippen molar-refractivity contribution in [2.45, 2.75) is 56.1 Å². The molecule has 0 radical (unpaired) electrons. The standard InChI is InChI=1S/C10H12FN3O3.C10H14FN3O.C5H3FN2O2.C5H10FNO.ClH/c11-8-3-4-13(6-9(8)15)7-1-2-10(12-5-7)14(16)17;11-8-3-4-14(6-9(8)15)7-1-2-10(12)13-5-7;6-4-1-2-5(7-3-4)8(9)10;6-4-1-2-7-3-5(4)8;/h1-2,5,8-9,15H,3-4,6H2;1-2,5,8-9,15H,3-4,6H2,(H2,12,13);1-3H;4-5,7-8H,1-3H2;1H/t2*8-,9-;;4-,5-;/m11.1./s1. The van der Waals surface area contributed by atoms with Gasteiger partial charge >= 0.3 is 11.6 Å². The molecule has 0 bridgehead atoms. The van der Waals surface area contributed by atoms with Crippen molar-refractivity contribution in [1.29, 1.82) is 0 Å². The van der Waals surface area contributed by atoms with Gasteiger partial charge in [0.15, 0.2) is 18.2 Å². The highest BCUT2D eigenvalue weighted by molar-refractivity contribution is 5.85.